The quantitative estimate of drug-likeness (QED) is 0.366. The van der Waals surface area contributed by atoms with E-state index in [2.05, 4.69) is 12.1 Å². The van der Waals surface area contributed by atoms with Crippen LogP contribution in [0, 0.1) is 0 Å². The van der Waals surface area contributed by atoms with Gasteiger partial charge in [-0.25, -0.2) is 0 Å². The van der Waals surface area contributed by atoms with Gasteiger partial charge in [0.15, 0.2) is 5.78 Å². The third kappa shape index (κ3) is 4.35. The van der Waals surface area contributed by atoms with Crippen LogP contribution in [0.15, 0.2) is 66.7 Å². The van der Waals surface area contributed by atoms with Gasteiger partial charge in [0.25, 0.3) is 0 Å². The fourth-order valence-corrected chi connectivity index (χ4v) is 3.72. The first-order valence-corrected chi connectivity index (χ1v) is 8.99. The van der Waals surface area contributed by atoms with Crippen LogP contribution in [0.1, 0.15) is 25.7 Å². The van der Waals surface area contributed by atoms with E-state index >= 15 is 0 Å². The summed E-state index contributed by atoms with van der Waals surface area (Å²) in [4.78, 5) is 14.2. The topological polar surface area (TPSA) is 17.1 Å². The van der Waals surface area contributed by atoms with Crippen LogP contribution in [0.5, 0.6) is 0 Å². The molecule has 0 aliphatic heterocycles. The molecule has 0 fully saturated rings. The lowest BCUT2D eigenvalue weighted by Crippen LogP contribution is -1.89. The minimum Gasteiger partial charge on any atom is -0.288 e. The number of carbonyl (C=O) groups is 1. The van der Waals surface area contributed by atoms with Gasteiger partial charge in [-0.3, -0.25) is 4.79 Å². The highest BCUT2D eigenvalue weighted by Gasteiger charge is 2.07. The third-order valence-corrected chi connectivity index (χ3v) is 5.16. The average molecular weight is 373 g/mol. The predicted molar refractivity (Wildman–Crippen MR) is 103 cm³/mol. The Morgan fingerprint density at radius 2 is 1.79 bits per heavy atom. The van der Waals surface area contributed by atoms with E-state index in [1.165, 1.54) is 21.8 Å². The molecule has 0 radical (unpaired) electrons. The van der Waals surface area contributed by atoms with Gasteiger partial charge in [0.2, 0.25) is 0 Å². The lowest BCUT2D eigenvalue weighted by molar-refractivity contribution is 0.105. The molecule has 0 spiro atoms. The number of carbonyl (C=O) groups excluding carboxylic acids is 1. The van der Waals surface area contributed by atoms with Crippen LogP contribution < -0.4 is 0 Å². The summed E-state index contributed by atoms with van der Waals surface area (Å²) in [5, 5.41) is 1.11. The molecule has 0 aliphatic rings. The molecular formula is C20H14Cl2OS. The van der Waals surface area contributed by atoms with Crippen molar-refractivity contribution in [3.05, 3.63) is 97.7 Å². The second-order valence-corrected chi connectivity index (χ2v) is 7.30. The summed E-state index contributed by atoms with van der Waals surface area (Å²) in [6, 6.07) is 19.3. The number of hydrogen-bond acceptors (Lipinski definition) is 2. The highest BCUT2D eigenvalue weighted by atomic mass is 35.5. The fraction of sp³-hybridized carbons (Fsp3) is 0.0500. The Hall–Kier alpha value is -1.87. The Balaban J connectivity index is 1.70. The molecule has 24 heavy (non-hydrogen) atoms. The maximum Gasteiger partial charge on any atom is 0.195 e. The van der Waals surface area contributed by atoms with Gasteiger partial charge in [0.1, 0.15) is 0 Å². The van der Waals surface area contributed by atoms with E-state index in [1.807, 2.05) is 30.3 Å². The van der Waals surface area contributed by atoms with Crippen LogP contribution in [-0.2, 0) is 6.42 Å². The Morgan fingerprint density at radius 1 is 1.00 bits per heavy atom. The number of allylic oxidation sites excluding steroid dienone is 1. The Morgan fingerprint density at radius 3 is 2.54 bits per heavy atom. The van der Waals surface area contributed by atoms with E-state index < -0.39 is 0 Å². The van der Waals surface area contributed by atoms with Crippen LogP contribution in [-0.4, -0.2) is 5.78 Å². The second kappa shape index (κ2) is 7.80. The normalized spacial score (nSPS) is 11.1. The first-order chi connectivity index (χ1) is 11.6. The molecule has 0 saturated carbocycles. The smallest absolute Gasteiger partial charge is 0.195 e. The fourth-order valence-electron chi connectivity index (χ4n) is 2.29. The zero-order valence-electron chi connectivity index (χ0n) is 12.7. The van der Waals surface area contributed by atoms with Gasteiger partial charge in [-0.1, -0.05) is 59.6 Å². The molecular weight excluding hydrogens is 359 g/mol. The van der Waals surface area contributed by atoms with Crippen molar-refractivity contribution in [2.45, 2.75) is 6.42 Å². The van der Waals surface area contributed by atoms with Crippen LogP contribution in [0.4, 0.5) is 0 Å². The average Bonchev–Trinajstić information content (AvgIpc) is 3.03. The first kappa shape index (κ1) is 17.0. The van der Waals surface area contributed by atoms with E-state index in [-0.39, 0.29) is 5.78 Å². The van der Waals surface area contributed by atoms with Crippen LogP contribution in [0.3, 0.4) is 0 Å². The molecule has 1 aromatic heterocycles. The van der Waals surface area contributed by atoms with Crippen LogP contribution in [0.25, 0.3) is 6.08 Å². The first-order valence-electron chi connectivity index (χ1n) is 7.42. The molecule has 4 heteroatoms. The molecule has 2 aromatic carbocycles. The highest BCUT2D eigenvalue weighted by Crippen LogP contribution is 2.24. The van der Waals surface area contributed by atoms with Crippen molar-refractivity contribution >= 4 is 46.4 Å². The zero-order valence-corrected chi connectivity index (χ0v) is 15.0. The van der Waals surface area contributed by atoms with E-state index in [4.69, 9.17) is 23.2 Å². The SMILES string of the molecule is O=C(/C=C/c1ccc(Cl)cc1Cl)c1ccc(Cc2ccccc2)s1. The summed E-state index contributed by atoms with van der Waals surface area (Å²) >= 11 is 13.5. The molecule has 0 aliphatic carbocycles. The Bertz CT molecular complexity index is 882. The monoisotopic (exact) mass is 372 g/mol. The number of hydrogen-bond donors (Lipinski definition) is 0. The van der Waals surface area contributed by atoms with Crippen molar-refractivity contribution in [2.24, 2.45) is 0 Å². The Kier molecular flexibility index (Phi) is 5.52. The summed E-state index contributed by atoms with van der Waals surface area (Å²) in [5.74, 6) is -0.0228. The second-order valence-electron chi connectivity index (χ2n) is 5.29. The molecule has 3 aromatic rings. The summed E-state index contributed by atoms with van der Waals surface area (Å²) in [5.41, 5.74) is 2.01. The zero-order chi connectivity index (χ0) is 16.9. The summed E-state index contributed by atoms with van der Waals surface area (Å²) in [6.45, 7) is 0. The summed E-state index contributed by atoms with van der Waals surface area (Å²) in [6.07, 6.45) is 4.11. The molecule has 3 rings (SSSR count). The molecule has 1 nitrogen and oxygen atoms in total. The number of rotatable bonds is 5. The predicted octanol–water partition coefficient (Wildman–Crippen LogP) is 6.54. The summed E-state index contributed by atoms with van der Waals surface area (Å²) in [7, 11) is 0. The Labute approximate surface area is 155 Å². The van der Waals surface area contributed by atoms with Gasteiger partial charge in [0.05, 0.1) is 4.88 Å². The van der Waals surface area contributed by atoms with Gasteiger partial charge in [-0.2, -0.15) is 0 Å². The molecule has 0 bridgehead atoms. The largest absolute Gasteiger partial charge is 0.288 e. The van der Waals surface area contributed by atoms with Gasteiger partial charge in [0, 0.05) is 21.3 Å². The molecule has 0 unspecified atom stereocenters. The maximum absolute atomic E-state index is 12.3. The van der Waals surface area contributed by atoms with Crippen molar-refractivity contribution in [2.75, 3.05) is 0 Å². The van der Waals surface area contributed by atoms with Crippen molar-refractivity contribution in [1.82, 2.24) is 0 Å². The number of halogens is 2. The molecule has 0 saturated heterocycles. The molecule has 120 valence electrons. The van der Waals surface area contributed by atoms with Crippen molar-refractivity contribution in [3.8, 4) is 0 Å². The highest BCUT2D eigenvalue weighted by molar-refractivity contribution is 7.14. The van der Waals surface area contributed by atoms with Crippen LogP contribution >= 0.6 is 34.5 Å². The lowest BCUT2D eigenvalue weighted by Gasteiger charge is -1.98. The number of ketones is 1. The molecule has 1 heterocycles. The van der Waals surface area contributed by atoms with Crippen molar-refractivity contribution in [1.29, 1.82) is 0 Å². The number of thiophene rings is 1. The van der Waals surface area contributed by atoms with Crippen molar-refractivity contribution in [3.63, 3.8) is 0 Å². The molecule has 0 atom stereocenters. The standard InChI is InChI=1S/C20H14Cl2OS/c21-16-8-6-15(18(22)13-16)7-10-19(23)20-11-9-17(24-20)12-14-4-2-1-3-5-14/h1-11,13H,12H2/b10-7+. The van der Waals surface area contributed by atoms with Crippen molar-refractivity contribution < 1.29 is 4.79 Å². The molecule has 0 N–H and O–H groups in total. The van der Waals surface area contributed by atoms with E-state index in [0.29, 0.717) is 10.0 Å². The third-order valence-electron chi connectivity index (χ3n) is 3.50. The van der Waals surface area contributed by atoms with Crippen LogP contribution in [0.2, 0.25) is 10.0 Å². The van der Waals surface area contributed by atoms with Gasteiger partial charge in [-0.05, 0) is 47.5 Å². The van der Waals surface area contributed by atoms with E-state index in [0.717, 1.165) is 16.9 Å². The van der Waals surface area contributed by atoms with Gasteiger partial charge >= 0.3 is 0 Å². The van der Waals surface area contributed by atoms with Gasteiger partial charge < -0.3 is 0 Å². The maximum atomic E-state index is 12.3. The van der Waals surface area contributed by atoms with E-state index in [9.17, 15) is 4.79 Å². The summed E-state index contributed by atoms with van der Waals surface area (Å²) < 4.78 is 0. The lowest BCUT2D eigenvalue weighted by atomic mass is 10.1. The van der Waals surface area contributed by atoms with Gasteiger partial charge in [-0.15, -0.1) is 11.3 Å². The minimum absolute atomic E-state index is 0.0228. The van der Waals surface area contributed by atoms with E-state index in [1.54, 1.807) is 30.4 Å². The number of benzene rings is 2. The minimum atomic E-state index is -0.0228. The molecule has 0 amide bonds.